The van der Waals surface area contributed by atoms with Crippen molar-refractivity contribution in [2.24, 2.45) is 5.92 Å². The van der Waals surface area contributed by atoms with Crippen LogP contribution in [0.2, 0.25) is 0 Å². The first kappa shape index (κ1) is 14.7. The second kappa shape index (κ2) is 6.18. The van der Waals surface area contributed by atoms with Crippen LogP contribution in [-0.4, -0.2) is 18.8 Å². The van der Waals surface area contributed by atoms with Crippen LogP contribution in [0.5, 0.6) is 0 Å². The maximum absolute atomic E-state index is 13.8. The molecule has 1 N–H and O–H groups in total. The molecular formula is C14H18BrF2NO. The Morgan fingerprint density at radius 1 is 1.32 bits per heavy atom. The summed E-state index contributed by atoms with van der Waals surface area (Å²) in [4.78, 5) is 0. The highest BCUT2D eigenvalue weighted by atomic mass is 79.9. The molecule has 0 radical (unpaired) electrons. The number of nitrogens with one attached hydrogen (secondary N) is 1. The Balaban J connectivity index is 2.06. The lowest BCUT2D eigenvalue weighted by atomic mass is 9.95. The quantitative estimate of drug-likeness (QED) is 0.830. The minimum Gasteiger partial charge on any atom is -0.380 e. The van der Waals surface area contributed by atoms with Gasteiger partial charge < -0.3 is 10.1 Å². The van der Waals surface area contributed by atoms with E-state index in [9.17, 15) is 8.78 Å². The highest BCUT2D eigenvalue weighted by molar-refractivity contribution is 9.10. The molecule has 0 aromatic heterocycles. The Morgan fingerprint density at radius 2 is 2.05 bits per heavy atom. The van der Waals surface area contributed by atoms with E-state index in [4.69, 9.17) is 4.74 Å². The van der Waals surface area contributed by atoms with Crippen LogP contribution >= 0.6 is 15.9 Å². The summed E-state index contributed by atoms with van der Waals surface area (Å²) < 4.78 is 33.0. The molecule has 2 atom stereocenters. The van der Waals surface area contributed by atoms with E-state index in [-0.39, 0.29) is 22.3 Å². The summed E-state index contributed by atoms with van der Waals surface area (Å²) in [6, 6.07) is 2.46. The standard InChI is InChI=1S/C14H18BrF2NO/c1-8(2)14-5-9(3-4-19-14)18-13-7-11(16)10(15)6-12(13)17/h6-9,14,18H,3-5H2,1-2H3. The van der Waals surface area contributed by atoms with E-state index in [1.807, 2.05) is 0 Å². The predicted molar refractivity (Wildman–Crippen MR) is 75.3 cm³/mol. The van der Waals surface area contributed by atoms with Crippen LogP contribution in [0, 0.1) is 17.6 Å². The number of rotatable bonds is 3. The van der Waals surface area contributed by atoms with Crippen LogP contribution in [0.3, 0.4) is 0 Å². The summed E-state index contributed by atoms with van der Waals surface area (Å²) in [6.45, 7) is 4.86. The Morgan fingerprint density at radius 3 is 2.74 bits per heavy atom. The third kappa shape index (κ3) is 3.66. The molecule has 0 saturated carbocycles. The van der Waals surface area contributed by atoms with Crippen LogP contribution in [-0.2, 0) is 4.74 Å². The number of hydrogen-bond acceptors (Lipinski definition) is 2. The van der Waals surface area contributed by atoms with E-state index in [0.29, 0.717) is 12.5 Å². The van der Waals surface area contributed by atoms with Crippen LogP contribution in [0.25, 0.3) is 0 Å². The van der Waals surface area contributed by atoms with Gasteiger partial charge in [0.25, 0.3) is 0 Å². The Bertz CT molecular complexity index is 453. The van der Waals surface area contributed by atoms with E-state index in [0.717, 1.165) is 18.9 Å². The van der Waals surface area contributed by atoms with Gasteiger partial charge in [0.1, 0.15) is 11.6 Å². The Labute approximate surface area is 120 Å². The maximum atomic E-state index is 13.8. The van der Waals surface area contributed by atoms with Gasteiger partial charge in [-0.05, 0) is 40.8 Å². The fraction of sp³-hybridized carbons (Fsp3) is 0.571. The molecule has 19 heavy (non-hydrogen) atoms. The predicted octanol–water partition coefficient (Wildman–Crippen LogP) is 4.34. The molecule has 106 valence electrons. The minimum atomic E-state index is -0.462. The van der Waals surface area contributed by atoms with Gasteiger partial charge in [0, 0.05) is 18.7 Å². The van der Waals surface area contributed by atoms with Crippen molar-refractivity contribution in [2.75, 3.05) is 11.9 Å². The fourth-order valence-corrected chi connectivity index (χ4v) is 2.59. The first-order chi connectivity index (χ1) is 8.97. The van der Waals surface area contributed by atoms with Crippen molar-refractivity contribution >= 4 is 21.6 Å². The van der Waals surface area contributed by atoms with Gasteiger partial charge in [0.05, 0.1) is 16.3 Å². The number of hydrogen-bond donors (Lipinski definition) is 1. The van der Waals surface area contributed by atoms with Gasteiger partial charge in [-0.1, -0.05) is 13.8 Å². The SMILES string of the molecule is CC(C)C1CC(Nc2cc(F)c(Br)cc2F)CCO1. The molecule has 0 amide bonds. The molecule has 0 spiro atoms. The molecule has 1 aliphatic heterocycles. The zero-order chi connectivity index (χ0) is 14.0. The first-order valence-corrected chi connectivity index (χ1v) is 7.29. The molecule has 0 aliphatic carbocycles. The normalized spacial score (nSPS) is 23.7. The van der Waals surface area contributed by atoms with E-state index in [1.165, 1.54) is 6.07 Å². The lowest BCUT2D eigenvalue weighted by molar-refractivity contribution is -0.0161. The average Bonchev–Trinajstić information content (AvgIpc) is 2.36. The Kier molecular flexibility index (Phi) is 4.79. The lowest BCUT2D eigenvalue weighted by Gasteiger charge is -2.33. The highest BCUT2D eigenvalue weighted by Crippen LogP contribution is 2.27. The molecule has 1 heterocycles. The molecule has 5 heteroatoms. The molecule has 1 aromatic rings. The topological polar surface area (TPSA) is 21.3 Å². The van der Waals surface area contributed by atoms with Gasteiger partial charge in [-0.2, -0.15) is 0 Å². The molecule has 0 bridgehead atoms. The third-order valence-corrected chi connectivity index (χ3v) is 4.04. The van der Waals surface area contributed by atoms with Crippen LogP contribution < -0.4 is 5.32 Å². The van der Waals surface area contributed by atoms with E-state index in [2.05, 4.69) is 35.1 Å². The zero-order valence-electron chi connectivity index (χ0n) is 11.1. The van der Waals surface area contributed by atoms with E-state index >= 15 is 0 Å². The van der Waals surface area contributed by atoms with E-state index in [1.54, 1.807) is 0 Å². The van der Waals surface area contributed by atoms with Gasteiger partial charge in [0.2, 0.25) is 0 Å². The maximum Gasteiger partial charge on any atom is 0.147 e. The molecule has 1 aromatic carbocycles. The number of ether oxygens (including phenoxy) is 1. The molecule has 1 aliphatic rings. The number of halogens is 3. The summed E-state index contributed by atoms with van der Waals surface area (Å²) in [6.07, 6.45) is 1.80. The second-order valence-electron chi connectivity index (χ2n) is 5.27. The summed E-state index contributed by atoms with van der Waals surface area (Å²) in [5, 5.41) is 3.09. The van der Waals surface area contributed by atoms with Gasteiger partial charge in [0.15, 0.2) is 0 Å². The van der Waals surface area contributed by atoms with Gasteiger partial charge in [-0.3, -0.25) is 0 Å². The Hall–Kier alpha value is -0.680. The molecule has 1 saturated heterocycles. The first-order valence-electron chi connectivity index (χ1n) is 6.50. The van der Waals surface area contributed by atoms with E-state index < -0.39 is 11.6 Å². The van der Waals surface area contributed by atoms with Gasteiger partial charge in [-0.25, -0.2) is 8.78 Å². The van der Waals surface area contributed by atoms with Crippen molar-refractivity contribution in [1.82, 2.24) is 0 Å². The van der Waals surface area contributed by atoms with Crippen molar-refractivity contribution < 1.29 is 13.5 Å². The molecule has 2 unspecified atom stereocenters. The summed E-state index contributed by atoms with van der Waals surface area (Å²) in [7, 11) is 0. The monoisotopic (exact) mass is 333 g/mol. The number of benzene rings is 1. The lowest BCUT2D eigenvalue weighted by Crippen LogP contribution is -2.36. The summed E-state index contributed by atoms with van der Waals surface area (Å²) in [5.74, 6) is -0.478. The third-order valence-electron chi connectivity index (χ3n) is 3.43. The smallest absolute Gasteiger partial charge is 0.147 e. The molecular weight excluding hydrogens is 316 g/mol. The van der Waals surface area contributed by atoms with Crippen molar-refractivity contribution in [3.63, 3.8) is 0 Å². The van der Waals surface area contributed by atoms with Crippen LogP contribution in [0.1, 0.15) is 26.7 Å². The molecule has 2 rings (SSSR count). The number of anilines is 1. The fourth-order valence-electron chi connectivity index (χ4n) is 2.28. The summed E-state index contributed by atoms with van der Waals surface area (Å²) >= 11 is 2.97. The largest absolute Gasteiger partial charge is 0.380 e. The van der Waals surface area contributed by atoms with Gasteiger partial charge in [-0.15, -0.1) is 0 Å². The van der Waals surface area contributed by atoms with Crippen molar-refractivity contribution in [2.45, 2.75) is 38.8 Å². The van der Waals surface area contributed by atoms with Gasteiger partial charge >= 0.3 is 0 Å². The molecule has 2 nitrogen and oxygen atoms in total. The average molecular weight is 334 g/mol. The zero-order valence-corrected chi connectivity index (χ0v) is 12.6. The summed E-state index contributed by atoms with van der Waals surface area (Å²) in [5.41, 5.74) is 0.218. The van der Waals surface area contributed by atoms with Crippen molar-refractivity contribution in [3.8, 4) is 0 Å². The minimum absolute atomic E-state index is 0.122. The second-order valence-corrected chi connectivity index (χ2v) is 6.12. The molecule has 1 fully saturated rings. The highest BCUT2D eigenvalue weighted by Gasteiger charge is 2.25. The van der Waals surface area contributed by atoms with Crippen molar-refractivity contribution in [3.05, 3.63) is 28.2 Å². The van der Waals surface area contributed by atoms with Crippen LogP contribution in [0.4, 0.5) is 14.5 Å². The van der Waals surface area contributed by atoms with Crippen LogP contribution in [0.15, 0.2) is 16.6 Å². The van der Waals surface area contributed by atoms with Crippen molar-refractivity contribution in [1.29, 1.82) is 0 Å².